The van der Waals surface area contributed by atoms with Gasteiger partial charge in [0.1, 0.15) is 11.5 Å². The van der Waals surface area contributed by atoms with Crippen LogP contribution in [-0.2, 0) is 0 Å². The fourth-order valence-corrected chi connectivity index (χ4v) is 5.03. The zero-order chi connectivity index (χ0) is 23.0. The first-order chi connectivity index (χ1) is 16.2. The van der Waals surface area contributed by atoms with Gasteiger partial charge < -0.3 is 14.4 Å². The fourth-order valence-electron chi connectivity index (χ4n) is 4.18. The van der Waals surface area contributed by atoms with Gasteiger partial charge in [0.25, 0.3) is 5.91 Å². The number of methoxy groups -OCH3 is 2. The van der Waals surface area contributed by atoms with E-state index in [0.29, 0.717) is 17.2 Å². The number of amides is 1. The molecule has 0 radical (unpaired) electrons. The molecule has 1 aliphatic rings. The van der Waals surface area contributed by atoms with Gasteiger partial charge in [-0.3, -0.25) is 9.69 Å². The zero-order valence-corrected chi connectivity index (χ0v) is 20.1. The van der Waals surface area contributed by atoms with Crippen LogP contribution in [0.3, 0.4) is 0 Å². The number of thiazole rings is 1. The van der Waals surface area contributed by atoms with Crippen LogP contribution in [0.5, 0.6) is 11.5 Å². The largest absolute Gasteiger partial charge is 0.497 e. The molecule has 3 aromatic rings. The molecule has 2 aromatic carbocycles. The maximum Gasteiger partial charge on any atom is 0.260 e. The van der Waals surface area contributed by atoms with Gasteiger partial charge >= 0.3 is 0 Å². The number of rotatable bonds is 9. The van der Waals surface area contributed by atoms with E-state index < -0.39 is 0 Å². The minimum Gasteiger partial charge on any atom is -0.497 e. The maximum atomic E-state index is 13.4. The second-order valence-corrected chi connectivity index (χ2v) is 9.00. The van der Waals surface area contributed by atoms with Gasteiger partial charge in [-0.15, -0.1) is 11.3 Å². The van der Waals surface area contributed by atoms with E-state index >= 15 is 0 Å². The highest BCUT2D eigenvalue weighted by atomic mass is 32.1. The SMILES string of the molecule is COc1ccc(OC)c(-c2csc(N(CCCN3CCCCC3)C(=O)c3ccccc3)n2)c1. The molecule has 4 rings (SSSR count). The molecule has 1 amide bonds. The Bertz CT molecular complexity index is 1050. The number of likely N-dealkylation sites (tertiary alicyclic amines) is 1. The summed E-state index contributed by atoms with van der Waals surface area (Å²) in [6.45, 7) is 3.94. The van der Waals surface area contributed by atoms with Crippen LogP contribution in [0.2, 0.25) is 0 Å². The minimum atomic E-state index is -0.0206. The Balaban J connectivity index is 1.58. The van der Waals surface area contributed by atoms with Gasteiger partial charge in [-0.1, -0.05) is 24.6 Å². The summed E-state index contributed by atoms with van der Waals surface area (Å²) in [5.41, 5.74) is 2.29. The molecule has 0 N–H and O–H groups in total. The Morgan fingerprint density at radius 2 is 1.85 bits per heavy atom. The first kappa shape index (κ1) is 23.3. The standard InChI is InChI=1S/C26H31N3O3S/c1-31-21-12-13-24(32-2)22(18-21)23-19-33-26(27-23)29(25(30)20-10-5-3-6-11-20)17-9-16-28-14-7-4-8-15-28/h3,5-6,10-13,18-19H,4,7-9,14-17H2,1-2H3. The van der Waals surface area contributed by atoms with Gasteiger partial charge in [-0.2, -0.15) is 0 Å². The Kier molecular flexibility index (Phi) is 7.96. The van der Waals surface area contributed by atoms with Crippen LogP contribution in [0, 0.1) is 0 Å². The molecule has 1 saturated heterocycles. The molecule has 7 heteroatoms. The zero-order valence-electron chi connectivity index (χ0n) is 19.3. The van der Waals surface area contributed by atoms with E-state index in [9.17, 15) is 4.79 Å². The summed E-state index contributed by atoms with van der Waals surface area (Å²) in [5, 5.41) is 2.67. The summed E-state index contributed by atoms with van der Waals surface area (Å²) in [6, 6.07) is 15.1. The number of piperidine rings is 1. The van der Waals surface area contributed by atoms with Gasteiger partial charge in [-0.05, 0) is 69.2 Å². The second kappa shape index (κ2) is 11.3. The smallest absolute Gasteiger partial charge is 0.260 e. The van der Waals surface area contributed by atoms with E-state index in [-0.39, 0.29) is 5.91 Å². The fraction of sp³-hybridized carbons (Fsp3) is 0.385. The van der Waals surface area contributed by atoms with Crippen molar-refractivity contribution in [3.05, 3.63) is 59.5 Å². The van der Waals surface area contributed by atoms with E-state index in [0.717, 1.165) is 48.8 Å². The lowest BCUT2D eigenvalue weighted by Gasteiger charge is -2.27. The molecular formula is C26H31N3O3S. The molecule has 1 aromatic heterocycles. The van der Waals surface area contributed by atoms with Crippen molar-refractivity contribution in [1.29, 1.82) is 0 Å². The van der Waals surface area contributed by atoms with Crippen molar-refractivity contribution >= 4 is 22.4 Å². The quantitative estimate of drug-likeness (QED) is 0.426. The van der Waals surface area contributed by atoms with E-state index in [1.165, 1.54) is 30.6 Å². The lowest BCUT2D eigenvalue weighted by molar-refractivity contribution is 0.0985. The van der Waals surface area contributed by atoms with Crippen LogP contribution < -0.4 is 14.4 Å². The number of aromatic nitrogens is 1. The monoisotopic (exact) mass is 465 g/mol. The van der Waals surface area contributed by atoms with Crippen LogP contribution in [0.15, 0.2) is 53.9 Å². The molecule has 0 spiro atoms. The summed E-state index contributed by atoms with van der Waals surface area (Å²) in [7, 11) is 3.28. The predicted octanol–water partition coefficient (Wildman–Crippen LogP) is 5.35. The topological polar surface area (TPSA) is 54.9 Å². The molecule has 1 aliphatic heterocycles. The van der Waals surface area contributed by atoms with E-state index in [2.05, 4.69) is 4.90 Å². The summed E-state index contributed by atoms with van der Waals surface area (Å²) < 4.78 is 10.9. The van der Waals surface area contributed by atoms with Crippen molar-refractivity contribution in [2.45, 2.75) is 25.7 Å². The number of ether oxygens (including phenoxy) is 2. The van der Waals surface area contributed by atoms with Crippen LogP contribution in [0.25, 0.3) is 11.3 Å². The highest BCUT2D eigenvalue weighted by Gasteiger charge is 2.22. The molecule has 2 heterocycles. The molecule has 0 aliphatic carbocycles. The van der Waals surface area contributed by atoms with E-state index in [1.807, 2.05) is 58.8 Å². The third-order valence-electron chi connectivity index (χ3n) is 5.98. The van der Waals surface area contributed by atoms with Crippen LogP contribution in [-0.4, -0.2) is 56.2 Å². The summed E-state index contributed by atoms with van der Waals surface area (Å²) in [6.07, 6.45) is 4.77. The lowest BCUT2D eigenvalue weighted by Crippen LogP contribution is -2.36. The average Bonchev–Trinajstić information content (AvgIpc) is 3.37. The molecule has 0 saturated carbocycles. The van der Waals surface area contributed by atoms with Crippen molar-refractivity contribution < 1.29 is 14.3 Å². The highest BCUT2D eigenvalue weighted by Crippen LogP contribution is 2.36. The van der Waals surface area contributed by atoms with E-state index in [1.54, 1.807) is 14.2 Å². The van der Waals surface area contributed by atoms with Crippen molar-refractivity contribution in [3.8, 4) is 22.8 Å². The molecule has 33 heavy (non-hydrogen) atoms. The first-order valence-electron chi connectivity index (χ1n) is 11.5. The number of carbonyl (C=O) groups excluding carboxylic acids is 1. The summed E-state index contributed by atoms with van der Waals surface area (Å²) in [5.74, 6) is 1.44. The van der Waals surface area contributed by atoms with Gasteiger partial charge in [0.05, 0.1) is 19.9 Å². The highest BCUT2D eigenvalue weighted by molar-refractivity contribution is 7.14. The molecule has 0 atom stereocenters. The number of benzene rings is 2. The van der Waals surface area contributed by atoms with E-state index in [4.69, 9.17) is 14.5 Å². The number of anilines is 1. The number of nitrogens with zero attached hydrogens (tertiary/aromatic N) is 3. The molecule has 0 bridgehead atoms. The lowest BCUT2D eigenvalue weighted by atomic mass is 10.1. The number of hydrogen-bond acceptors (Lipinski definition) is 6. The molecular weight excluding hydrogens is 434 g/mol. The molecule has 6 nitrogen and oxygen atoms in total. The van der Waals surface area contributed by atoms with Gasteiger partial charge in [0.2, 0.25) is 0 Å². The minimum absolute atomic E-state index is 0.0206. The number of carbonyl (C=O) groups is 1. The summed E-state index contributed by atoms with van der Waals surface area (Å²) >= 11 is 1.48. The van der Waals surface area contributed by atoms with Gasteiger partial charge in [0.15, 0.2) is 5.13 Å². The number of hydrogen-bond donors (Lipinski definition) is 0. The third-order valence-corrected chi connectivity index (χ3v) is 6.84. The Morgan fingerprint density at radius 1 is 1.06 bits per heavy atom. The molecule has 174 valence electrons. The van der Waals surface area contributed by atoms with Crippen molar-refractivity contribution in [3.63, 3.8) is 0 Å². The van der Waals surface area contributed by atoms with Crippen molar-refractivity contribution in [1.82, 2.24) is 9.88 Å². The Morgan fingerprint density at radius 3 is 2.58 bits per heavy atom. The molecule has 0 unspecified atom stereocenters. The van der Waals surface area contributed by atoms with Gasteiger partial charge in [0, 0.05) is 23.1 Å². The predicted molar refractivity (Wildman–Crippen MR) is 134 cm³/mol. The van der Waals surface area contributed by atoms with Crippen molar-refractivity contribution in [2.24, 2.45) is 0 Å². The van der Waals surface area contributed by atoms with Crippen LogP contribution in [0.4, 0.5) is 5.13 Å². The Hall–Kier alpha value is -2.90. The van der Waals surface area contributed by atoms with Crippen molar-refractivity contribution in [2.75, 3.05) is 45.3 Å². The van der Waals surface area contributed by atoms with Crippen LogP contribution >= 0.6 is 11.3 Å². The summed E-state index contributed by atoms with van der Waals surface area (Å²) in [4.78, 5) is 22.6. The van der Waals surface area contributed by atoms with Crippen LogP contribution in [0.1, 0.15) is 36.0 Å². The second-order valence-electron chi connectivity index (χ2n) is 8.16. The first-order valence-corrected chi connectivity index (χ1v) is 12.3. The normalized spacial score (nSPS) is 14.1. The molecule has 1 fully saturated rings. The Labute approximate surface area is 199 Å². The maximum absolute atomic E-state index is 13.4. The van der Waals surface area contributed by atoms with Gasteiger partial charge in [-0.25, -0.2) is 4.98 Å². The average molecular weight is 466 g/mol. The third kappa shape index (κ3) is 5.72.